The minimum Gasteiger partial charge on any atom is -0.442 e. The van der Waals surface area contributed by atoms with Crippen molar-refractivity contribution >= 4 is 24.8 Å². The lowest BCUT2D eigenvalue weighted by molar-refractivity contribution is 0.129. The number of rotatable bonds is 4. The van der Waals surface area contributed by atoms with Crippen molar-refractivity contribution in [1.82, 2.24) is 15.0 Å². The molecule has 0 aliphatic carbocycles. The van der Waals surface area contributed by atoms with E-state index in [-0.39, 0.29) is 49.9 Å². The highest BCUT2D eigenvalue weighted by molar-refractivity contribution is 7.58. The van der Waals surface area contributed by atoms with Crippen molar-refractivity contribution in [2.75, 3.05) is 41.8 Å². The van der Waals surface area contributed by atoms with Crippen molar-refractivity contribution < 1.29 is 27.8 Å². The quantitative estimate of drug-likeness (QED) is 0.761. The standard InChI is InChI=1S/C16H18F2N5O4P/c17-13-7-11(8-14(18)15(13)21-3-5-28(25,26)6-4-21)23-10-12(27-16(23)24)9-22-2-1-19-20-22/h1-2,7-8,12H,3-6,9-10H2,(H,25,26). The molecule has 0 saturated carbocycles. The Balaban J connectivity index is 1.51. The average Bonchev–Trinajstić information content (AvgIpc) is 3.25. The van der Waals surface area contributed by atoms with E-state index in [9.17, 15) is 23.0 Å². The number of cyclic esters (lactones) is 1. The maximum absolute atomic E-state index is 14.7. The zero-order valence-corrected chi connectivity index (χ0v) is 15.6. The van der Waals surface area contributed by atoms with Crippen LogP contribution in [0.25, 0.3) is 0 Å². The molecule has 0 radical (unpaired) electrons. The second kappa shape index (κ2) is 7.14. The SMILES string of the molecule is O=C1OC(Cn2ccnn2)CN1c1cc(F)c(N2CCP(=O)(O)CC2)c(F)c1. The van der Waals surface area contributed by atoms with Crippen LogP contribution in [0, 0.1) is 11.6 Å². The molecule has 2 saturated heterocycles. The molecule has 0 spiro atoms. The first-order valence-corrected chi connectivity index (χ1v) is 10.7. The van der Waals surface area contributed by atoms with Gasteiger partial charge in [0, 0.05) is 43.7 Å². The van der Waals surface area contributed by atoms with Gasteiger partial charge in [0.05, 0.1) is 25.0 Å². The summed E-state index contributed by atoms with van der Waals surface area (Å²) in [7, 11) is -3.21. The highest BCUT2D eigenvalue weighted by Gasteiger charge is 2.35. The molecule has 1 unspecified atom stereocenters. The number of hydrogen-bond acceptors (Lipinski definition) is 6. The van der Waals surface area contributed by atoms with Crippen LogP contribution >= 0.6 is 7.37 Å². The van der Waals surface area contributed by atoms with Crippen molar-refractivity contribution in [3.63, 3.8) is 0 Å². The third-order valence-electron chi connectivity index (χ3n) is 4.80. The van der Waals surface area contributed by atoms with Crippen LogP contribution in [-0.2, 0) is 15.8 Å². The number of ether oxygens (including phenoxy) is 1. The van der Waals surface area contributed by atoms with Gasteiger partial charge in [0.1, 0.15) is 11.8 Å². The molecule has 0 bridgehead atoms. The fraction of sp³-hybridized carbons (Fsp3) is 0.438. The van der Waals surface area contributed by atoms with E-state index in [1.165, 1.54) is 15.8 Å². The van der Waals surface area contributed by atoms with E-state index in [4.69, 9.17) is 4.74 Å². The first-order chi connectivity index (χ1) is 13.3. The summed E-state index contributed by atoms with van der Waals surface area (Å²) in [4.78, 5) is 24.3. The zero-order chi connectivity index (χ0) is 19.9. The summed E-state index contributed by atoms with van der Waals surface area (Å²) in [5, 5.41) is 7.47. The molecule has 1 N–H and O–H groups in total. The second-order valence-corrected chi connectivity index (χ2v) is 9.37. The van der Waals surface area contributed by atoms with E-state index >= 15 is 0 Å². The summed E-state index contributed by atoms with van der Waals surface area (Å²) in [6, 6.07) is 2.15. The number of nitrogens with zero attached hydrogens (tertiary/aromatic N) is 5. The molecule has 2 fully saturated rings. The molecule has 9 nitrogen and oxygen atoms in total. The topological polar surface area (TPSA) is 101 Å². The van der Waals surface area contributed by atoms with Crippen LogP contribution in [0.4, 0.5) is 25.0 Å². The molecule has 150 valence electrons. The van der Waals surface area contributed by atoms with Gasteiger partial charge in [-0.3, -0.25) is 9.46 Å². The number of carbonyl (C=O) groups excluding carboxylic acids is 1. The third-order valence-corrected chi connectivity index (χ3v) is 6.60. The van der Waals surface area contributed by atoms with Crippen LogP contribution in [0.5, 0.6) is 0 Å². The van der Waals surface area contributed by atoms with E-state index in [1.54, 1.807) is 6.20 Å². The highest BCUT2D eigenvalue weighted by atomic mass is 31.2. The molecule has 2 aliphatic rings. The van der Waals surface area contributed by atoms with Gasteiger partial charge in [-0.25, -0.2) is 18.3 Å². The molecule has 1 aromatic carbocycles. The Kier molecular flexibility index (Phi) is 4.80. The molecular weight excluding hydrogens is 395 g/mol. The summed E-state index contributed by atoms with van der Waals surface area (Å²) in [5.41, 5.74) is -0.204. The first kappa shape index (κ1) is 18.8. The molecule has 2 aromatic rings. The highest BCUT2D eigenvalue weighted by Crippen LogP contribution is 2.44. The number of aromatic nitrogens is 3. The van der Waals surface area contributed by atoms with E-state index in [0.29, 0.717) is 0 Å². The van der Waals surface area contributed by atoms with Crippen LogP contribution in [0.3, 0.4) is 0 Å². The number of hydrogen-bond donors (Lipinski definition) is 1. The molecule has 1 aromatic heterocycles. The number of anilines is 2. The lowest BCUT2D eigenvalue weighted by Crippen LogP contribution is -2.36. The van der Waals surface area contributed by atoms with Gasteiger partial charge in [-0.15, -0.1) is 5.10 Å². The van der Waals surface area contributed by atoms with Gasteiger partial charge in [-0.2, -0.15) is 0 Å². The number of amides is 1. The Hall–Kier alpha value is -2.52. The number of carbonyl (C=O) groups is 1. The zero-order valence-electron chi connectivity index (χ0n) is 14.7. The minimum absolute atomic E-state index is 0.0178. The molecule has 3 heterocycles. The molecular formula is C16H18F2N5O4P. The largest absolute Gasteiger partial charge is 0.442 e. The molecule has 1 amide bonds. The van der Waals surface area contributed by atoms with Gasteiger partial charge in [0.25, 0.3) is 0 Å². The van der Waals surface area contributed by atoms with Crippen LogP contribution in [0.2, 0.25) is 0 Å². The van der Waals surface area contributed by atoms with E-state index in [0.717, 1.165) is 17.0 Å². The Morgan fingerprint density at radius 3 is 2.54 bits per heavy atom. The predicted molar refractivity (Wildman–Crippen MR) is 95.8 cm³/mol. The van der Waals surface area contributed by atoms with Crippen molar-refractivity contribution in [3.8, 4) is 0 Å². The van der Waals surface area contributed by atoms with Crippen LogP contribution in [-0.4, -0.2) is 64.0 Å². The molecule has 1 atom stereocenters. The summed E-state index contributed by atoms with van der Waals surface area (Å²) in [6.07, 6.45) is 1.85. The van der Waals surface area contributed by atoms with Gasteiger partial charge in [0.2, 0.25) is 7.37 Å². The van der Waals surface area contributed by atoms with E-state index in [1.807, 2.05) is 0 Å². The van der Waals surface area contributed by atoms with E-state index in [2.05, 4.69) is 10.3 Å². The molecule has 28 heavy (non-hydrogen) atoms. The molecule has 2 aliphatic heterocycles. The number of benzene rings is 1. The lowest BCUT2D eigenvalue weighted by Gasteiger charge is -2.32. The van der Waals surface area contributed by atoms with Crippen LogP contribution < -0.4 is 9.80 Å². The average molecular weight is 413 g/mol. The third kappa shape index (κ3) is 3.72. The Labute approximate surface area is 158 Å². The second-order valence-electron chi connectivity index (χ2n) is 6.78. The minimum atomic E-state index is -3.21. The van der Waals surface area contributed by atoms with Gasteiger partial charge in [-0.1, -0.05) is 5.21 Å². The molecule has 12 heteroatoms. The van der Waals surface area contributed by atoms with Crippen LogP contribution in [0.1, 0.15) is 0 Å². The Morgan fingerprint density at radius 2 is 1.93 bits per heavy atom. The van der Waals surface area contributed by atoms with Gasteiger partial charge in [-0.05, 0) is 0 Å². The van der Waals surface area contributed by atoms with Gasteiger partial charge < -0.3 is 14.5 Å². The Bertz CT molecular complexity index is 906. The fourth-order valence-electron chi connectivity index (χ4n) is 3.38. The fourth-order valence-corrected chi connectivity index (χ4v) is 4.71. The van der Waals surface area contributed by atoms with Crippen molar-refractivity contribution in [2.24, 2.45) is 0 Å². The predicted octanol–water partition coefficient (Wildman–Crippen LogP) is 1.67. The van der Waals surface area contributed by atoms with Crippen LogP contribution in [0.15, 0.2) is 24.5 Å². The van der Waals surface area contributed by atoms with Gasteiger partial charge >= 0.3 is 6.09 Å². The maximum atomic E-state index is 14.7. The van der Waals surface area contributed by atoms with Crippen molar-refractivity contribution in [1.29, 1.82) is 0 Å². The summed E-state index contributed by atoms with van der Waals surface area (Å²) >= 11 is 0. The van der Waals surface area contributed by atoms with E-state index < -0.39 is 31.2 Å². The summed E-state index contributed by atoms with van der Waals surface area (Å²) < 4.78 is 47.7. The lowest BCUT2D eigenvalue weighted by atomic mass is 10.2. The van der Waals surface area contributed by atoms with Gasteiger partial charge in [0.15, 0.2) is 11.6 Å². The maximum Gasteiger partial charge on any atom is 0.414 e. The summed E-state index contributed by atoms with van der Waals surface area (Å²) in [6.45, 7) is 0.577. The normalized spacial score (nSPS) is 21.8. The smallest absolute Gasteiger partial charge is 0.414 e. The Morgan fingerprint density at radius 1 is 1.25 bits per heavy atom. The number of halogens is 2. The first-order valence-electron chi connectivity index (χ1n) is 8.69. The monoisotopic (exact) mass is 413 g/mol. The van der Waals surface area contributed by atoms with Crippen molar-refractivity contribution in [3.05, 3.63) is 36.2 Å². The van der Waals surface area contributed by atoms with Crippen molar-refractivity contribution in [2.45, 2.75) is 12.6 Å². The molecule has 4 rings (SSSR count). The summed E-state index contributed by atoms with van der Waals surface area (Å²) in [5.74, 6) is -1.67.